The molecule has 1 aliphatic carbocycles. The molecule has 3 N–H and O–H groups in total. The Morgan fingerprint density at radius 2 is 1.96 bits per heavy atom. The summed E-state index contributed by atoms with van der Waals surface area (Å²) >= 11 is 0. The molecule has 1 aromatic heterocycles. The first-order chi connectivity index (χ1) is 11.0. The highest BCUT2D eigenvalue weighted by Gasteiger charge is 2.37. The standard InChI is InChI=1S/C17H20O6/c1-2-9-7-15(19)23-14-8-10(3-4-11(9)14)22-13-6-5-12(18)16(20)17(13)21/h3-4,7-8,12-13,16-18,20-21H,2,5-6H2,1H3/t12-,13-,16+,17+/m0/s1. The zero-order chi connectivity index (χ0) is 16.6. The van der Waals surface area contributed by atoms with Gasteiger partial charge in [0.1, 0.15) is 29.6 Å². The van der Waals surface area contributed by atoms with Crippen LogP contribution < -0.4 is 10.4 Å². The minimum absolute atomic E-state index is 0.353. The molecule has 0 bridgehead atoms. The molecule has 124 valence electrons. The summed E-state index contributed by atoms with van der Waals surface area (Å²) in [5.74, 6) is 0.446. The van der Waals surface area contributed by atoms with Crippen molar-refractivity contribution in [2.45, 2.75) is 50.6 Å². The molecule has 1 aromatic carbocycles. The zero-order valence-corrected chi connectivity index (χ0v) is 12.8. The number of rotatable bonds is 3. The molecular weight excluding hydrogens is 300 g/mol. The summed E-state index contributed by atoms with van der Waals surface area (Å²) < 4.78 is 10.9. The average Bonchev–Trinajstić information content (AvgIpc) is 2.54. The number of hydrogen-bond acceptors (Lipinski definition) is 6. The van der Waals surface area contributed by atoms with Crippen LogP contribution in [0.5, 0.6) is 5.75 Å². The molecule has 4 atom stereocenters. The lowest BCUT2D eigenvalue weighted by atomic mass is 9.89. The van der Waals surface area contributed by atoms with Gasteiger partial charge in [0, 0.05) is 17.5 Å². The highest BCUT2D eigenvalue weighted by molar-refractivity contribution is 5.81. The lowest BCUT2D eigenvalue weighted by Crippen LogP contribution is -2.51. The van der Waals surface area contributed by atoms with E-state index in [9.17, 15) is 20.1 Å². The van der Waals surface area contributed by atoms with E-state index in [1.165, 1.54) is 6.07 Å². The number of benzene rings is 1. The maximum atomic E-state index is 11.6. The van der Waals surface area contributed by atoms with Crippen LogP contribution in [0.2, 0.25) is 0 Å². The van der Waals surface area contributed by atoms with Crippen molar-refractivity contribution in [2.75, 3.05) is 0 Å². The van der Waals surface area contributed by atoms with E-state index in [2.05, 4.69) is 0 Å². The molecule has 1 aliphatic rings. The first kappa shape index (κ1) is 16.0. The number of fused-ring (bicyclic) bond motifs is 1. The highest BCUT2D eigenvalue weighted by Crippen LogP contribution is 2.28. The van der Waals surface area contributed by atoms with E-state index in [1.54, 1.807) is 12.1 Å². The van der Waals surface area contributed by atoms with Gasteiger partial charge in [0.15, 0.2) is 0 Å². The number of aliphatic hydroxyl groups excluding tert-OH is 3. The van der Waals surface area contributed by atoms with Crippen LogP contribution in [0.3, 0.4) is 0 Å². The number of hydrogen-bond donors (Lipinski definition) is 3. The second-order valence-corrected chi connectivity index (χ2v) is 5.88. The van der Waals surface area contributed by atoms with E-state index in [0.29, 0.717) is 30.6 Å². The molecule has 6 nitrogen and oxygen atoms in total. The fourth-order valence-electron chi connectivity index (χ4n) is 3.00. The van der Waals surface area contributed by atoms with E-state index < -0.39 is 30.0 Å². The summed E-state index contributed by atoms with van der Waals surface area (Å²) in [6.45, 7) is 1.96. The maximum absolute atomic E-state index is 11.6. The van der Waals surface area contributed by atoms with Gasteiger partial charge in [0.25, 0.3) is 0 Å². The summed E-state index contributed by atoms with van der Waals surface area (Å²) in [5, 5.41) is 30.1. The van der Waals surface area contributed by atoms with Gasteiger partial charge in [-0.05, 0) is 37.0 Å². The predicted octanol–water partition coefficient (Wildman–Crippen LogP) is 0.979. The second-order valence-electron chi connectivity index (χ2n) is 5.88. The Bertz CT molecular complexity index is 752. The molecule has 0 radical (unpaired) electrons. The molecule has 0 aliphatic heterocycles. The Labute approximate surface area is 132 Å². The fourth-order valence-corrected chi connectivity index (χ4v) is 3.00. The Morgan fingerprint density at radius 3 is 2.70 bits per heavy atom. The van der Waals surface area contributed by atoms with Crippen molar-refractivity contribution in [1.82, 2.24) is 0 Å². The molecule has 1 saturated carbocycles. The largest absolute Gasteiger partial charge is 0.487 e. The van der Waals surface area contributed by atoms with E-state index in [0.717, 1.165) is 10.9 Å². The smallest absolute Gasteiger partial charge is 0.336 e. The zero-order valence-electron chi connectivity index (χ0n) is 12.8. The maximum Gasteiger partial charge on any atom is 0.336 e. The van der Waals surface area contributed by atoms with Crippen LogP contribution in [0.4, 0.5) is 0 Å². The summed E-state index contributed by atoms with van der Waals surface area (Å²) in [6, 6.07) is 6.64. The quantitative estimate of drug-likeness (QED) is 0.729. The molecule has 0 unspecified atom stereocenters. The lowest BCUT2D eigenvalue weighted by Gasteiger charge is -2.35. The fraction of sp³-hybridized carbons (Fsp3) is 0.471. The normalized spacial score (nSPS) is 28.0. The molecule has 2 aromatic rings. The van der Waals surface area contributed by atoms with Gasteiger partial charge >= 0.3 is 5.63 Å². The van der Waals surface area contributed by atoms with Gasteiger partial charge in [-0.3, -0.25) is 0 Å². The summed E-state index contributed by atoms with van der Waals surface area (Å²) in [5.41, 5.74) is 0.916. The summed E-state index contributed by atoms with van der Waals surface area (Å²) in [4.78, 5) is 11.6. The van der Waals surface area contributed by atoms with Crippen molar-refractivity contribution in [3.8, 4) is 5.75 Å². The molecule has 0 saturated heterocycles. The number of ether oxygens (including phenoxy) is 1. The second kappa shape index (κ2) is 6.31. The van der Waals surface area contributed by atoms with Gasteiger partial charge in [0.05, 0.1) is 6.10 Å². The Balaban J connectivity index is 1.88. The van der Waals surface area contributed by atoms with Crippen molar-refractivity contribution in [3.05, 3.63) is 40.2 Å². The van der Waals surface area contributed by atoms with Crippen molar-refractivity contribution in [2.24, 2.45) is 0 Å². The van der Waals surface area contributed by atoms with Crippen LogP contribution in [-0.4, -0.2) is 39.7 Å². The lowest BCUT2D eigenvalue weighted by molar-refractivity contribution is -0.128. The van der Waals surface area contributed by atoms with Gasteiger partial charge in [-0.25, -0.2) is 4.79 Å². The summed E-state index contributed by atoms with van der Waals surface area (Å²) in [7, 11) is 0. The molecule has 0 amide bonds. The molecule has 3 rings (SSSR count). The summed E-state index contributed by atoms with van der Waals surface area (Å²) in [6.07, 6.45) is -2.45. The van der Waals surface area contributed by atoms with Crippen molar-refractivity contribution in [1.29, 1.82) is 0 Å². The molecule has 23 heavy (non-hydrogen) atoms. The Hall–Kier alpha value is -1.89. The minimum Gasteiger partial charge on any atom is -0.487 e. The Kier molecular flexibility index (Phi) is 4.39. The first-order valence-electron chi connectivity index (χ1n) is 7.77. The Morgan fingerprint density at radius 1 is 1.17 bits per heavy atom. The van der Waals surface area contributed by atoms with Crippen LogP contribution in [0, 0.1) is 0 Å². The van der Waals surface area contributed by atoms with Gasteiger partial charge in [-0.2, -0.15) is 0 Å². The topological polar surface area (TPSA) is 100 Å². The third-order valence-electron chi connectivity index (χ3n) is 4.34. The van der Waals surface area contributed by atoms with E-state index in [-0.39, 0.29) is 0 Å². The number of aryl methyl sites for hydroxylation is 1. The van der Waals surface area contributed by atoms with Crippen LogP contribution in [-0.2, 0) is 6.42 Å². The number of aliphatic hydroxyl groups is 3. The van der Waals surface area contributed by atoms with Crippen molar-refractivity contribution < 1.29 is 24.5 Å². The van der Waals surface area contributed by atoms with Crippen LogP contribution in [0.1, 0.15) is 25.3 Å². The van der Waals surface area contributed by atoms with E-state index in [4.69, 9.17) is 9.15 Å². The first-order valence-corrected chi connectivity index (χ1v) is 7.77. The van der Waals surface area contributed by atoms with Gasteiger partial charge in [-0.15, -0.1) is 0 Å². The van der Waals surface area contributed by atoms with Crippen LogP contribution >= 0.6 is 0 Å². The molecule has 0 spiro atoms. The third kappa shape index (κ3) is 3.10. The highest BCUT2D eigenvalue weighted by atomic mass is 16.5. The molecular formula is C17H20O6. The predicted molar refractivity (Wildman–Crippen MR) is 83.5 cm³/mol. The third-order valence-corrected chi connectivity index (χ3v) is 4.34. The van der Waals surface area contributed by atoms with E-state index >= 15 is 0 Å². The van der Waals surface area contributed by atoms with Gasteiger partial charge in [0.2, 0.25) is 0 Å². The SMILES string of the molecule is CCc1cc(=O)oc2cc(O[C@H]3CC[C@H](O)[C@@H](O)[C@@H]3O)ccc12. The van der Waals surface area contributed by atoms with Crippen LogP contribution in [0.25, 0.3) is 11.0 Å². The van der Waals surface area contributed by atoms with Gasteiger partial charge in [-0.1, -0.05) is 6.92 Å². The van der Waals surface area contributed by atoms with E-state index in [1.807, 2.05) is 13.0 Å². The van der Waals surface area contributed by atoms with Gasteiger partial charge < -0.3 is 24.5 Å². The molecule has 1 fully saturated rings. The molecule has 1 heterocycles. The monoisotopic (exact) mass is 320 g/mol. The van der Waals surface area contributed by atoms with Crippen LogP contribution in [0.15, 0.2) is 33.5 Å². The molecule has 6 heteroatoms. The van der Waals surface area contributed by atoms with Crippen molar-refractivity contribution >= 4 is 11.0 Å². The van der Waals surface area contributed by atoms with Crippen molar-refractivity contribution in [3.63, 3.8) is 0 Å². The minimum atomic E-state index is -1.22. The average molecular weight is 320 g/mol.